The first-order valence-electron chi connectivity index (χ1n) is 7.44. The van der Waals surface area contributed by atoms with E-state index in [1.807, 2.05) is 24.8 Å². The standard InChI is InChI=1S/C14H23N5O2/c1-3-5-16-14(20)11-9-21-7-6-19(11)13-8-12(15-4-2)17-10-18-13/h8,10-11H,3-7,9H2,1-2H3,(H,16,20)(H,15,17,18). The Bertz CT molecular complexity index is 468. The zero-order chi connectivity index (χ0) is 15.1. The lowest BCUT2D eigenvalue weighted by molar-refractivity contribution is -0.124. The lowest BCUT2D eigenvalue weighted by Gasteiger charge is -2.35. The number of carbonyl (C=O) groups is 1. The van der Waals surface area contributed by atoms with E-state index in [1.54, 1.807) is 0 Å². The van der Waals surface area contributed by atoms with Gasteiger partial charge in [-0.3, -0.25) is 4.79 Å². The Morgan fingerprint density at radius 2 is 2.33 bits per heavy atom. The number of carbonyl (C=O) groups excluding carboxylic acids is 1. The lowest BCUT2D eigenvalue weighted by Crippen LogP contribution is -2.54. The molecule has 116 valence electrons. The molecule has 1 aliphatic heterocycles. The van der Waals surface area contributed by atoms with E-state index < -0.39 is 0 Å². The van der Waals surface area contributed by atoms with Gasteiger partial charge in [0.25, 0.3) is 0 Å². The van der Waals surface area contributed by atoms with Crippen molar-refractivity contribution in [1.29, 1.82) is 0 Å². The molecule has 1 aromatic heterocycles. The molecule has 1 aromatic rings. The van der Waals surface area contributed by atoms with Gasteiger partial charge in [0, 0.05) is 25.7 Å². The normalized spacial score (nSPS) is 18.4. The number of hydrogen-bond donors (Lipinski definition) is 2. The molecule has 7 heteroatoms. The minimum absolute atomic E-state index is 0.0137. The molecule has 2 rings (SSSR count). The molecule has 0 saturated carbocycles. The van der Waals surface area contributed by atoms with Crippen LogP contribution in [0.15, 0.2) is 12.4 Å². The van der Waals surface area contributed by atoms with Crippen LogP contribution in [0.25, 0.3) is 0 Å². The number of aromatic nitrogens is 2. The number of rotatable bonds is 6. The first kappa shape index (κ1) is 15.5. The fourth-order valence-corrected chi connectivity index (χ4v) is 2.24. The maximum Gasteiger partial charge on any atom is 0.245 e. The van der Waals surface area contributed by atoms with Crippen molar-refractivity contribution in [3.63, 3.8) is 0 Å². The molecule has 0 radical (unpaired) electrons. The molecule has 1 atom stereocenters. The number of nitrogens with one attached hydrogen (secondary N) is 2. The van der Waals surface area contributed by atoms with Gasteiger partial charge in [-0.1, -0.05) is 6.92 Å². The van der Waals surface area contributed by atoms with Gasteiger partial charge in [-0.2, -0.15) is 0 Å². The third-order valence-electron chi connectivity index (χ3n) is 3.29. The summed E-state index contributed by atoms with van der Waals surface area (Å²) in [5, 5.41) is 6.08. The van der Waals surface area contributed by atoms with Gasteiger partial charge in [-0.15, -0.1) is 0 Å². The maximum absolute atomic E-state index is 12.3. The van der Waals surface area contributed by atoms with Crippen molar-refractivity contribution in [1.82, 2.24) is 15.3 Å². The van der Waals surface area contributed by atoms with Crippen LogP contribution in [-0.2, 0) is 9.53 Å². The molecule has 1 amide bonds. The minimum atomic E-state index is -0.338. The summed E-state index contributed by atoms with van der Waals surface area (Å²) in [6, 6.07) is 1.53. The maximum atomic E-state index is 12.3. The summed E-state index contributed by atoms with van der Waals surface area (Å²) in [6.45, 7) is 7.14. The van der Waals surface area contributed by atoms with E-state index >= 15 is 0 Å². The average Bonchev–Trinajstić information content (AvgIpc) is 2.53. The third kappa shape index (κ3) is 4.04. The number of amides is 1. The van der Waals surface area contributed by atoms with Crippen molar-refractivity contribution >= 4 is 17.5 Å². The van der Waals surface area contributed by atoms with Gasteiger partial charge in [-0.25, -0.2) is 9.97 Å². The first-order valence-corrected chi connectivity index (χ1v) is 7.44. The predicted octanol–water partition coefficient (Wildman–Crippen LogP) is 0.640. The molecular formula is C14H23N5O2. The number of nitrogens with zero attached hydrogens (tertiary/aromatic N) is 3. The van der Waals surface area contributed by atoms with Gasteiger partial charge in [-0.05, 0) is 13.3 Å². The van der Waals surface area contributed by atoms with E-state index in [9.17, 15) is 4.79 Å². The van der Waals surface area contributed by atoms with Crippen molar-refractivity contribution in [2.75, 3.05) is 43.1 Å². The van der Waals surface area contributed by atoms with Crippen molar-refractivity contribution in [2.24, 2.45) is 0 Å². The second-order valence-corrected chi connectivity index (χ2v) is 4.87. The zero-order valence-corrected chi connectivity index (χ0v) is 12.6. The smallest absolute Gasteiger partial charge is 0.245 e. The molecule has 1 unspecified atom stereocenters. The molecular weight excluding hydrogens is 270 g/mol. The van der Waals surface area contributed by atoms with E-state index in [-0.39, 0.29) is 11.9 Å². The van der Waals surface area contributed by atoms with Crippen molar-refractivity contribution in [3.8, 4) is 0 Å². The largest absolute Gasteiger partial charge is 0.377 e. The number of hydrogen-bond acceptors (Lipinski definition) is 6. The molecule has 7 nitrogen and oxygen atoms in total. The van der Waals surface area contributed by atoms with Crippen molar-refractivity contribution in [3.05, 3.63) is 12.4 Å². The number of ether oxygens (including phenoxy) is 1. The summed E-state index contributed by atoms with van der Waals surface area (Å²) in [5.74, 6) is 1.50. The zero-order valence-electron chi connectivity index (χ0n) is 12.6. The van der Waals surface area contributed by atoms with Gasteiger partial charge < -0.3 is 20.3 Å². The van der Waals surface area contributed by atoms with Crippen LogP contribution in [0.5, 0.6) is 0 Å². The van der Waals surface area contributed by atoms with Gasteiger partial charge in [0.05, 0.1) is 13.2 Å². The topological polar surface area (TPSA) is 79.4 Å². The molecule has 0 aliphatic carbocycles. The Morgan fingerprint density at radius 3 is 3.10 bits per heavy atom. The Labute approximate surface area is 125 Å². The monoisotopic (exact) mass is 293 g/mol. The van der Waals surface area contributed by atoms with Gasteiger partial charge in [0.15, 0.2) is 0 Å². The molecule has 0 spiro atoms. The summed E-state index contributed by atoms with van der Waals surface area (Å²) < 4.78 is 5.45. The molecule has 1 fully saturated rings. The molecule has 21 heavy (non-hydrogen) atoms. The quantitative estimate of drug-likeness (QED) is 0.801. The molecule has 0 aromatic carbocycles. The van der Waals surface area contributed by atoms with Crippen LogP contribution in [0.3, 0.4) is 0 Å². The third-order valence-corrected chi connectivity index (χ3v) is 3.29. The minimum Gasteiger partial charge on any atom is -0.377 e. The molecule has 2 N–H and O–H groups in total. The van der Waals surface area contributed by atoms with E-state index in [0.717, 1.165) is 24.6 Å². The molecule has 1 aliphatic rings. The fraction of sp³-hybridized carbons (Fsp3) is 0.643. The highest BCUT2D eigenvalue weighted by atomic mass is 16.5. The lowest BCUT2D eigenvalue weighted by atomic mass is 10.2. The molecule has 2 heterocycles. The van der Waals surface area contributed by atoms with Gasteiger partial charge in [0.1, 0.15) is 24.0 Å². The van der Waals surface area contributed by atoms with E-state index in [0.29, 0.717) is 26.3 Å². The Hall–Kier alpha value is -1.89. The molecule has 1 saturated heterocycles. The van der Waals surface area contributed by atoms with Crippen LogP contribution in [0.4, 0.5) is 11.6 Å². The fourth-order valence-electron chi connectivity index (χ4n) is 2.24. The van der Waals surface area contributed by atoms with Crippen LogP contribution < -0.4 is 15.5 Å². The number of anilines is 2. The Morgan fingerprint density at radius 1 is 1.48 bits per heavy atom. The second kappa shape index (κ2) is 7.78. The van der Waals surface area contributed by atoms with Crippen LogP contribution in [0, 0.1) is 0 Å². The summed E-state index contributed by atoms with van der Waals surface area (Å²) in [5.41, 5.74) is 0. The van der Waals surface area contributed by atoms with Crippen LogP contribution in [0.2, 0.25) is 0 Å². The van der Waals surface area contributed by atoms with Crippen LogP contribution in [-0.4, -0.2) is 54.8 Å². The summed E-state index contributed by atoms with van der Waals surface area (Å²) in [4.78, 5) is 22.7. The first-order chi connectivity index (χ1) is 10.3. The summed E-state index contributed by atoms with van der Waals surface area (Å²) in [6.07, 6.45) is 2.43. The van der Waals surface area contributed by atoms with E-state index in [1.165, 1.54) is 6.33 Å². The van der Waals surface area contributed by atoms with Crippen LogP contribution in [0.1, 0.15) is 20.3 Å². The van der Waals surface area contributed by atoms with Crippen LogP contribution >= 0.6 is 0 Å². The summed E-state index contributed by atoms with van der Waals surface area (Å²) >= 11 is 0. The highest BCUT2D eigenvalue weighted by molar-refractivity contribution is 5.85. The second-order valence-electron chi connectivity index (χ2n) is 4.87. The van der Waals surface area contributed by atoms with E-state index in [4.69, 9.17) is 4.74 Å². The summed E-state index contributed by atoms with van der Waals surface area (Å²) in [7, 11) is 0. The highest BCUT2D eigenvalue weighted by Gasteiger charge is 2.30. The van der Waals surface area contributed by atoms with E-state index in [2.05, 4.69) is 20.6 Å². The average molecular weight is 293 g/mol. The Balaban J connectivity index is 2.14. The SMILES string of the molecule is CCCNC(=O)C1COCCN1c1cc(NCC)ncn1. The Kier molecular flexibility index (Phi) is 5.74. The van der Waals surface area contributed by atoms with Gasteiger partial charge >= 0.3 is 0 Å². The van der Waals surface area contributed by atoms with Gasteiger partial charge in [0.2, 0.25) is 5.91 Å². The van der Waals surface area contributed by atoms with Crippen molar-refractivity contribution in [2.45, 2.75) is 26.3 Å². The highest BCUT2D eigenvalue weighted by Crippen LogP contribution is 2.19. The number of morpholine rings is 1. The van der Waals surface area contributed by atoms with Crippen molar-refractivity contribution < 1.29 is 9.53 Å². The molecule has 0 bridgehead atoms. The predicted molar refractivity (Wildman–Crippen MR) is 81.4 cm³/mol.